The Labute approximate surface area is 118 Å². The van der Waals surface area contributed by atoms with Crippen LogP contribution in [0.2, 0.25) is 0 Å². The van der Waals surface area contributed by atoms with Crippen molar-refractivity contribution in [3.8, 4) is 0 Å². The largest absolute Gasteiger partial charge is 0.452 e. The topological polar surface area (TPSA) is 87.7 Å². The van der Waals surface area contributed by atoms with E-state index in [1.165, 1.54) is 6.92 Å². The van der Waals surface area contributed by atoms with Crippen molar-refractivity contribution in [2.75, 3.05) is 19.7 Å². The Kier molecular flexibility index (Phi) is 5.54. The molecule has 0 radical (unpaired) electrons. The van der Waals surface area contributed by atoms with Crippen molar-refractivity contribution in [1.82, 2.24) is 15.5 Å². The summed E-state index contributed by atoms with van der Waals surface area (Å²) in [6, 6.07) is -0.240. The minimum atomic E-state index is -0.597. The van der Waals surface area contributed by atoms with Crippen LogP contribution in [0.1, 0.15) is 20.8 Å². The highest BCUT2D eigenvalue weighted by molar-refractivity contribution is 5.89. The number of rotatable bonds is 6. The van der Waals surface area contributed by atoms with Crippen LogP contribution in [-0.2, 0) is 14.3 Å². The van der Waals surface area contributed by atoms with E-state index in [1.807, 2.05) is 6.92 Å². The number of nitrogens with one attached hydrogen (secondary N) is 2. The van der Waals surface area contributed by atoms with Crippen molar-refractivity contribution >= 4 is 17.9 Å². The summed E-state index contributed by atoms with van der Waals surface area (Å²) < 4.78 is 4.73. The highest BCUT2D eigenvalue weighted by Gasteiger charge is 2.26. The quantitative estimate of drug-likeness (QED) is 0.531. The average Bonchev–Trinajstić information content (AvgIpc) is 2.64. The third-order valence-electron chi connectivity index (χ3n) is 2.74. The number of urea groups is 1. The molecule has 0 aromatic heterocycles. The van der Waals surface area contributed by atoms with Crippen LogP contribution in [-0.4, -0.2) is 54.6 Å². The second kappa shape index (κ2) is 6.93. The zero-order valence-electron chi connectivity index (χ0n) is 12.1. The van der Waals surface area contributed by atoms with Crippen LogP contribution in [0, 0.1) is 0 Å². The van der Waals surface area contributed by atoms with E-state index in [4.69, 9.17) is 4.74 Å². The molecule has 1 saturated heterocycles. The normalized spacial score (nSPS) is 19.2. The second-order valence-corrected chi connectivity index (χ2v) is 5.08. The molecular weight excluding hydrogens is 262 g/mol. The molecule has 1 aliphatic rings. The molecule has 1 fully saturated rings. The number of esters is 1. The fraction of sp³-hybridized carbons (Fsp3) is 0.615. The zero-order chi connectivity index (χ0) is 15.3. The number of nitrogens with zero attached hydrogens (tertiary/aromatic N) is 1. The Morgan fingerprint density at radius 2 is 2.25 bits per heavy atom. The van der Waals surface area contributed by atoms with E-state index in [1.54, 1.807) is 11.8 Å². The van der Waals surface area contributed by atoms with Gasteiger partial charge < -0.3 is 20.3 Å². The van der Waals surface area contributed by atoms with Crippen molar-refractivity contribution in [1.29, 1.82) is 0 Å². The van der Waals surface area contributed by atoms with E-state index in [2.05, 4.69) is 17.2 Å². The second-order valence-electron chi connectivity index (χ2n) is 5.08. The molecule has 20 heavy (non-hydrogen) atoms. The summed E-state index contributed by atoms with van der Waals surface area (Å²) in [4.78, 5) is 35.8. The summed E-state index contributed by atoms with van der Waals surface area (Å²) in [5, 5.41) is 5.44. The molecule has 3 amide bonds. The molecule has 2 N–H and O–H groups in total. The summed E-state index contributed by atoms with van der Waals surface area (Å²) in [5.74, 6) is -1.000. The molecule has 1 aliphatic heterocycles. The average molecular weight is 283 g/mol. The van der Waals surface area contributed by atoms with Gasteiger partial charge in [-0.3, -0.25) is 4.79 Å². The minimum absolute atomic E-state index is 0.113. The molecular formula is C13H21N3O4. The lowest BCUT2D eigenvalue weighted by Gasteiger charge is -2.20. The van der Waals surface area contributed by atoms with E-state index in [9.17, 15) is 14.4 Å². The molecule has 112 valence electrons. The number of ether oxygens (including phenoxy) is 1. The zero-order valence-corrected chi connectivity index (χ0v) is 12.1. The SMILES string of the molecule is C=C(C)C(=O)OCC(=O)NC(C)CN1CC(C)NC1=O. The summed E-state index contributed by atoms with van der Waals surface area (Å²) in [5.41, 5.74) is 0.244. The summed E-state index contributed by atoms with van der Waals surface area (Å²) in [6.45, 7) is 9.31. The number of carbonyl (C=O) groups excluding carboxylic acids is 3. The third kappa shape index (κ3) is 4.91. The molecule has 0 aromatic carbocycles. The van der Waals surface area contributed by atoms with Crippen LogP contribution < -0.4 is 10.6 Å². The van der Waals surface area contributed by atoms with E-state index in [0.717, 1.165) is 0 Å². The first-order valence-corrected chi connectivity index (χ1v) is 6.47. The van der Waals surface area contributed by atoms with Crippen LogP contribution in [0.4, 0.5) is 4.79 Å². The Balaban J connectivity index is 2.29. The Bertz CT molecular complexity index is 422. The minimum Gasteiger partial charge on any atom is -0.452 e. The molecule has 0 bridgehead atoms. The maximum atomic E-state index is 11.6. The van der Waals surface area contributed by atoms with Gasteiger partial charge in [0.1, 0.15) is 0 Å². The fourth-order valence-corrected chi connectivity index (χ4v) is 1.87. The van der Waals surface area contributed by atoms with Gasteiger partial charge in [0.25, 0.3) is 5.91 Å². The lowest BCUT2D eigenvalue weighted by molar-refractivity contribution is -0.144. The number of amides is 3. The van der Waals surface area contributed by atoms with Gasteiger partial charge in [-0.25, -0.2) is 9.59 Å². The lowest BCUT2D eigenvalue weighted by atomic mass is 10.3. The van der Waals surface area contributed by atoms with Crippen LogP contribution >= 0.6 is 0 Å². The molecule has 0 spiro atoms. The van der Waals surface area contributed by atoms with Gasteiger partial charge >= 0.3 is 12.0 Å². The van der Waals surface area contributed by atoms with Gasteiger partial charge in [-0.05, 0) is 20.8 Å². The monoisotopic (exact) mass is 283 g/mol. The van der Waals surface area contributed by atoms with E-state index < -0.39 is 11.9 Å². The van der Waals surface area contributed by atoms with Gasteiger partial charge in [0.05, 0.1) is 0 Å². The highest BCUT2D eigenvalue weighted by Crippen LogP contribution is 2.04. The van der Waals surface area contributed by atoms with Gasteiger partial charge in [-0.15, -0.1) is 0 Å². The summed E-state index contributed by atoms with van der Waals surface area (Å²) in [7, 11) is 0. The van der Waals surface area contributed by atoms with Crippen LogP contribution in [0.3, 0.4) is 0 Å². The predicted molar refractivity (Wildman–Crippen MR) is 72.9 cm³/mol. The maximum absolute atomic E-state index is 11.6. The predicted octanol–water partition coefficient (Wildman–Crippen LogP) is 0.0241. The standard InChI is InChI=1S/C13H21N3O4/c1-8(2)12(18)20-7-11(17)14-9(3)5-16-6-10(4)15-13(16)19/h9-10H,1,5-7H2,2-4H3,(H,14,17)(H,15,19). The molecule has 7 nitrogen and oxygen atoms in total. The van der Waals surface area contributed by atoms with Gasteiger partial charge in [-0.2, -0.15) is 0 Å². The molecule has 2 atom stereocenters. The Hall–Kier alpha value is -2.05. The first-order chi connectivity index (χ1) is 9.29. The Morgan fingerprint density at radius 1 is 1.60 bits per heavy atom. The van der Waals surface area contributed by atoms with Gasteiger partial charge in [-0.1, -0.05) is 6.58 Å². The molecule has 0 aliphatic carbocycles. The van der Waals surface area contributed by atoms with E-state index in [0.29, 0.717) is 13.1 Å². The lowest BCUT2D eigenvalue weighted by Crippen LogP contribution is -2.44. The van der Waals surface area contributed by atoms with Gasteiger partial charge in [0.2, 0.25) is 0 Å². The van der Waals surface area contributed by atoms with Crippen molar-refractivity contribution in [3.05, 3.63) is 12.2 Å². The summed E-state index contributed by atoms with van der Waals surface area (Å²) >= 11 is 0. The molecule has 1 rings (SSSR count). The van der Waals surface area contributed by atoms with Crippen LogP contribution in [0.5, 0.6) is 0 Å². The van der Waals surface area contributed by atoms with Crippen molar-refractivity contribution in [2.45, 2.75) is 32.9 Å². The molecule has 0 saturated carbocycles. The molecule has 0 aromatic rings. The van der Waals surface area contributed by atoms with E-state index in [-0.39, 0.29) is 30.3 Å². The molecule has 2 unspecified atom stereocenters. The smallest absolute Gasteiger partial charge is 0.333 e. The number of carbonyl (C=O) groups is 3. The third-order valence-corrected chi connectivity index (χ3v) is 2.74. The van der Waals surface area contributed by atoms with Crippen molar-refractivity contribution in [3.63, 3.8) is 0 Å². The van der Waals surface area contributed by atoms with Crippen molar-refractivity contribution in [2.24, 2.45) is 0 Å². The van der Waals surface area contributed by atoms with Crippen LogP contribution in [0.25, 0.3) is 0 Å². The molecule has 7 heteroatoms. The van der Waals surface area contributed by atoms with Crippen LogP contribution in [0.15, 0.2) is 12.2 Å². The number of hydrogen-bond donors (Lipinski definition) is 2. The fourth-order valence-electron chi connectivity index (χ4n) is 1.87. The maximum Gasteiger partial charge on any atom is 0.333 e. The summed E-state index contributed by atoms with van der Waals surface area (Å²) in [6.07, 6.45) is 0. The highest BCUT2D eigenvalue weighted by atomic mass is 16.5. The first kappa shape index (κ1) is 16.0. The molecule has 1 heterocycles. The van der Waals surface area contributed by atoms with E-state index >= 15 is 0 Å². The number of hydrogen-bond acceptors (Lipinski definition) is 4. The van der Waals surface area contributed by atoms with Gasteiger partial charge in [0.15, 0.2) is 6.61 Å². The van der Waals surface area contributed by atoms with Crippen molar-refractivity contribution < 1.29 is 19.1 Å². The Morgan fingerprint density at radius 3 is 2.75 bits per heavy atom. The first-order valence-electron chi connectivity index (χ1n) is 6.47. The van der Waals surface area contributed by atoms with Gasteiger partial charge in [0, 0.05) is 30.7 Å².